The van der Waals surface area contributed by atoms with Gasteiger partial charge in [0.2, 0.25) is 0 Å². The largest absolute Gasteiger partial charge is 0.493 e. The van der Waals surface area contributed by atoms with Crippen molar-refractivity contribution in [3.8, 4) is 11.5 Å². The van der Waals surface area contributed by atoms with Crippen LogP contribution < -0.4 is 20.2 Å². The van der Waals surface area contributed by atoms with E-state index in [0.717, 1.165) is 5.56 Å². The number of amides is 2. The first-order valence-electron chi connectivity index (χ1n) is 10.5. The van der Waals surface area contributed by atoms with Crippen LogP contribution in [0.3, 0.4) is 0 Å². The molecule has 0 unspecified atom stereocenters. The Morgan fingerprint density at radius 2 is 1.50 bits per heavy atom. The molecule has 172 valence electrons. The fourth-order valence-corrected chi connectivity index (χ4v) is 2.94. The topological polar surface area (TPSA) is 89.0 Å². The molecule has 2 N–H and O–H groups in total. The highest BCUT2D eigenvalue weighted by Gasteiger charge is 2.13. The maximum absolute atomic E-state index is 12.8. The van der Waals surface area contributed by atoms with E-state index < -0.39 is 11.8 Å². The van der Waals surface area contributed by atoms with Crippen LogP contribution in [0.5, 0.6) is 11.5 Å². The lowest BCUT2D eigenvalue weighted by molar-refractivity contribution is -0.117. The molecule has 7 heteroatoms. The van der Waals surface area contributed by atoms with Crippen LogP contribution in [0, 0.1) is 0 Å². The van der Waals surface area contributed by atoms with Gasteiger partial charge >= 0.3 is 0 Å². The number of hydrogen-bond acceptors (Lipinski definition) is 5. The predicted octanol–water partition coefficient (Wildman–Crippen LogP) is 4.18. The SMILES string of the molecule is COc1ccc(/C=N\NC(=O)/C(=C/C=C/c2ccccc2)NC(=O)c2ccccc2)cc1OC. The van der Waals surface area contributed by atoms with E-state index in [1.54, 1.807) is 55.7 Å². The van der Waals surface area contributed by atoms with Gasteiger partial charge in [0.1, 0.15) is 5.70 Å². The van der Waals surface area contributed by atoms with E-state index in [0.29, 0.717) is 22.6 Å². The molecule has 0 saturated carbocycles. The highest BCUT2D eigenvalue weighted by atomic mass is 16.5. The molecule has 0 aliphatic rings. The second-order valence-electron chi connectivity index (χ2n) is 6.98. The first-order chi connectivity index (χ1) is 16.6. The van der Waals surface area contributed by atoms with Crippen LogP contribution in [0.25, 0.3) is 6.08 Å². The van der Waals surface area contributed by atoms with E-state index in [-0.39, 0.29) is 5.70 Å². The number of ether oxygens (including phenoxy) is 2. The molecule has 0 fully saturated rings. The van der Waals surface area contributed by atoms with Crippen LogP contribution in [0.4, 0.5) is 0 Å². The number of methoxy groups -OCH3 is 2. The van der Waals surface area contributed by atoms with Crippen molar-refractivity contribution >= 4 is 24.1 Å². The molecule has 0 aliphatic heterocycles. The summed E-state index contributed by atoms with van der Waals surface area (Å²) in [5.41, 5.74) is 4.58. The van der Waals surface area contributed by atoms with Crippen LogP contribution in [0.1, 0.15) is 21.5 Å². The Morgan fingerprint density at radius 1 is 0.824 bits per heavy atom. The molecule has 0 heterocycles. The molecule has 0 bridgehead atoms. The van der Waals surface area contributed by atoms with E-state index in [1.165, 1.54) is 19.4 Å². The van der Waals surface area contributed by atoms with E-state index in [9.17, 15) is 9.59 Å². The predicted molar refractivity (Wildman–Crippen MR) is 133 cm³/mol. The number of nitrogens with one attached hydrogen (secondary N) is 2. The number of carbonyl (C=O) groups is 2. The minimum absolute atomic E-state index is 0.0468. The molecule has 0 aliphatic carbocycles. The molecule has 34 heavy (non-hydrogen) atoms. The number of hydrogen-bond donors (Lipinski definition) is 2. The summed E-state index contributed by atoms with van der Waals surface area (Å²) in [5.74, 6) is 0.153. The third kappa shape index (κ3) is 6.93. The summed E-state index contributed by atoms with van der Waals surface area (Å²) in [5, 5.41) is 6.65. The number of rotatable bonds is 9. The number of nitrogens with zero attached hydrogens (tertiary/aromatic N) is 1. The summed E-state index contributed by atoms with van der Waals surface area (Å²) in [6.45, 7) is 0. The Kier molecular flexibility index (Phi) is 8.76. The molecule has 0 atom stereocenters. The molecule has 3 aromatic carbocycles. The van der Waals surface area contributed by atoms with Crippen LogP contribution >= 0.6 is 0 Å². The van der Waals surface area contributed by atoms with Gasteiger partial charge in [0, 0.05) is 5.56 Å². The molecule has 3 aromatic rings. The van der Waals surface area contributed by atoms with E-state index in [1.807, 2.05) is 42.5 Å². The lowest BCUT2D eigenvalue weighted by Gasteiger charge is -2.09. The third-order valence-corrected chi connectivity index (χ3v) is 4.67. The summed E-state index contributed by atoms with van der Waals surface area (Å²) >= 11 is 0. The third-order valence-electron chi connectivity index (χ3n) is 4.67. The second kappa shape index (κ2) is 12.4. The fourth-order valence-electron chi connectivity index (χ4n) is 2.94. The zero-order valence-electron chi connectivity index (χ0n) is 18.9. The van der Waals surface area contributed by atoms with E-state index in [4.69, 9.17) is 9.47 Å². The second-order valence-corrected chi connectivity index (χ2v) is 6.98. The average Bonchev–Trinajstić information content (AvgIpc) is 2.89. The van der Waals surface area contributed by atoms with Gasteiger partial charge in [-0.05, 0) is 47.5 Å². The summed E-state index contributed by atoms with van der Waals surface area (Å²) in [6.07, 6.45) is 6.51. The van der Waals surface area contributed by atoms with Crippen molar-refractivity contribution in [2.75, 3.05) is 14.2 Å². The molecular weight excluding hydrogens is 430 g/mol. The Balaban J connectivity index is 1.75. The van der Waals surface area contributed by atoms with Gasteiger partial charge in [-0.25, -0.2) is 5.43 Å². The van der Waals surface area contributed by atoms with E-state index in [2.05, 4.69) is 15.8 Å². The van der Waals surface area contributed by atoms with Gasteiger partial charge in [0.05, 0.1) is 20.4 Å². The minimum atomic E-state index is -0.571. The standard InChI is InChI=1S/C27H25N3O4/c1-33-24-17-16-21(18-25(24)34-2)19-28-30-27(32)23(15-9-12-20-10-5-3-6-11-20)29-26(31)22-13-7-4-8-14-22/h3-19H,1-2H3,(H,29,31)(H,30,32)/b12-9+,23-15-,28-19-. The average molecular weight is 456 g/mol. The molecule has 0 spiro atoms. The van der Waals surface area contributed by atoms with Gasteiger partial charge in [-0.15, -0.1) is 0 Å². The number of benzene rings is 3. The lowest BCUT2D eigenvalue weighted by Crippen LogP contribution is -2.32. The first-order valence-corrected chi connectivity index (χ1v) is 10.5. The fraction of sp³-hybridized carbons (Fsp3) is 0.0741. The molecule has 0 aromatic heterocycles. The van der Waals surface area contributed by atoms with Gasteiger partial charge in [0.15, 0.2) is 11.5 Å². The zero-order chi connectivity index (χ0) is 24.2. The Hall–Kier alpha value is -4.65. The Bertz CT molecular complexity index is 1200. The maximum atomic E-state index is 12.8. The van der Waals surface area contributed by atoms with Gasteiger partial charge in [-0.1, -0.05) is 60.7 Å². The van der Waals surface area contributed by atoms with Crippen molar-refractivity contribution in [1.82, 2.24) is 10.7 Å². The van der Waals surface area contributed by atoms with E-state index >= 15 is 0 Å². The van der Waals surface area contributed by atoms with Crippen LogP contribution in [-0.2, 0) is 4.79 Å². The molecular formula is C27H25N3O4. The van der Waals surface area contributed by atoms with Crippen LogP contribution in [0.2, 0.25) is 0 Å². The van der Waals surface area contributed by atoms with Gasteiger partial charge in [0.25, 0.3) is 11.8 Å². The van der Waals surface area contributed by atoms with Gasteiger partial charge in [-0.3, -0.25) is 9.59 Å². The molecule has 0 radical (unpaired) electrons. The van der Waals surface area contributed by atoms with Crippen molar-refractivity contribution < 1.29 is 19.1 Å². The summed E-state index contributed by atoms with van der Waals surface area (Å²) in [7, 11) is 3.09. The van der Waals surface area contributed by atoms with Gasteiger partial charge < -0.3 is 14.8 Å². The van der Waals surface area contributed by atoms with Crippen LogP contribution in [-0.4, -0.2) is 32.2 Å². The van der Waals surface area contributed by atoms with Gasteiger partial charge in [-0.2, -0.15) is 5.10 Å². The maximum Gasteiger partial charge on any atom is 0.287 e. The number of hydrazone groups is 1. The van der Waals surface area contributed by atoms with Crippen LogP contribution in [0.15, 0.2) is 102 Å². The number of carbonyl (C=O) groups excluding carboxylic acids is 2. The quantitative estimate of drug-likeness (QED) is 0.219. The Morgan fingerprint density at radius 3 is 2.18 bits per heavy atom. The van der Waals surface area contributed by atoms with Crippen molar-refractivity contribution in [1.29, 1.82) is 0 Å². The highest BCUT2D eigenvalue weighted by Crippen LogP contribution is 2.26. The molecule has 3 rings (SSSR count). The minimum Gasteiger partial charge on any atom is -0.493 e. The monoisotopic (exact) mass is 455 g/mol. The van der Waals surface area contributed by atoms with Crippen molar-refractivity contribution in [3.05, 3.63) is 113 Å². The highest BCUT2D eigenvalue weighted by molar-refractivity contribution is 6.03. The molecule has 2 amide bonds. The van der Waals surface area contributed by atoms with Crippen molar-refractivity contribution in [2.45, 2.75) is 0 Å². The molecule has 0 saturated heterocycles. The normalized spacial score (nSPS) is 11.4. The summed E-state index contributed by atoms with van der Waals surface area (Å²) in [4.78, 5) is 25.4. The summed E-state index contributed by atoms with van der Waals surface area (Å²) in [6, 6.07) is 23.5. The van der Waals surface area contributed by atoms with Crippen molar-refractivity contribution in [2.24, 2.45) is 5.10 Å². The first kappa shape index (κ1) is 24.0. The smallest absolute Gasteiger partial charge is 0.287 e. The Labute approximate surface area is 198 Å². The summed E-state index contributed by atoms with van der Waals surface area (Å²) < 4.78 is 10.5. The van der Waals surface area contributed by atoms with Crippen molar-refractivity contribution in [3.63, 3.8) is 0 Å². The zero-order valence-corrected chi connectivity index (χ0v) is 18.9. The lowest BCUT2D eigenvalue weighted by atomic mass is 10.2. The number of allylic oxidation sites excluding steroid dienone is 2. The molecule has 7 nitrogen and oxygen atoms in total.